The van der Waals surface area contributed by atoms with E-state index < -0.39 is 21.7 Å². The van der Waals surface area contributed by atoms with Crippen LogP contribution in [0.3, 0.4) is 0 Å². The van der Waals surface area contributed by atoms with Gasteiger partial charge in [-0.05, 0) is 35.9 Å². The number of sulfone groups is 1. The number of amides is 1. The van der Waals surface area contributed by atoms with Crippen molar-refractivity contribution in [1.82, 2.24) is 4.57 Å². The molecule has 0 fully saturated rings. The Balaban J connectivity index is 1.93. The molecular weight excluding hydrogens is 448 g/mol. The van der Waals surface area contributed by atoms with Crippen molar-refractivity contribution >= 4 is 54.9 Å². The molecule has 0 saturated heterocycles. The van der Waals surface area contributed by atoms with Crippen molar-refractivity contribution in [3.8, 4) is 0 Å². The summed E-state index contributed by atoms with van der Waals surface area (Å²) in [6, 6.07) is 11.4. The number of halogens is 1. The Morgan fingerprint density at radius 1 is 1.17 bits per heavy atom. The van der Waals surface area contributed by atoms with Crippen molar-refractivity contribution in [3.05, 3.63) is 57.9 Å². The first-order valence-corrected chi connectivity index (χ1v) is 11.8. The number of ether oxygens (including phenoxy) is 1. The molecule has 3 rings (SSSR count). The Kier molecular flexibility index (Phi) is 6.74. The van der Waals surface area contributed by atoms with Gasteiger partial charge in [-0.1, -0.05) is 42.0 Å². The summed E-state index contributed by atoms with van der Waals surface area (Å²) in [4.78, 5) is 29.1. The van der Waals surface area contributed by atoms with Gasteiger partial charge in [0.25, 0.3) is 5.91 Å². The van der Waals surface area contributed by atoms with Crippen LogP contribution in [0.15, 0.2) is 52.4 Å². The van der Waals surface area contributed by atoms with Crippen molar-refractivity contribution in [2.24, 2.45) is 4.99 Å². The minimum Gasteiger partial charge on any atom is -0.468 e. The Bertz CT molecular complexity index is 1270. The first kappa shape index (κ1) is 22.2. The molecule has 0 aliphatic carbocycles. The fourth-order valence-electron chi connectivity index (χ4n) is 2.78. The summed E-state index contributed by atoms with van der Waals surface area (Å²) >= 11 is 7.29. The van der Waals surface area contributed by atoms with Crippen LogP contribution in [-0.2, 0) is 37.1 Å². The minimum atomic E-state index is -3.29. The van der Waals surface area contributed by atoms with E-state index >= 15 is 0 Å². The SMILES string of the molecule is CCS(=O)(=O)c1ccc(CC(=O)N=c2sc3cc(Cl)ccc3n2CC(=O)OC)cc1. The zero-order valence-electron chi connectivity index (χ0n) is 16.3. The fraction of sp³-hybridized carbons (Fsp3) is 0.250. The lowest BCUT2D eigenvalue weighted by Crippen LogP contribution is -2.22. The van der Waals surface area contributed by atoms with Gasteiger partial charge in [-0.3, -0.25) is 9.59 Å². The predicted molar refractivity (Wildman–Crippen MR) is 115 cm³/mol. The van der Waals surface area contributed by atoms with E-state index in [9.17, 15) is 18.0 Å². The molecular formula is C20H19ClN2O5S2. The van der Waals surface area contributed by atoms with Gasteiger partial charge in [-0.15, -0.1) is 0 Å². The second-order valence-corrected chi connectivity index (χ2v) is 10.1. The smallest absolute Gasteiger partial charge is 0.325 e. The Morgan fingerprint density at radius 2 is 1.87 bits per heavy atom. The molecule has 0 N–H and O–H groups in total. The van der Waals surface area contributed by atoms with Crippen molar-refractivity contribution in [1.29, 1.82) is 0 Å². The van der Waals surface area contributed by atoms with E-state index in [0.717, 1.165) is 10.2 Å². The third kappa shape index (κ3) is 4.97. The molecule has 0 radical (unpaired) electrons. The van der Waals surface area contributed by atoms with Gasteiger partial charge in [-0.25, -0.2) is 8.42 Å². The number of benzene rings is 2. The molecule has 7 nitrogen and oxygen atoms in total. The topological polar surface area (TPSA) is 94.8 Å². The van der Waals surface area contributed by atoms with Crippen LogP contribution in [0.5, 0.6) is 0 Å². The van der Waals surface area contributed by atoms with Crippen LogP contribution in [0.1, 0.15) is 12.5 Å². The summed E-state index contributed by atoms with van der Waals surface area (Å²) < 4.78 is 30.9. The first-order valence-electron chi connectivity index (χ1n) is 8.98. The molecule has 1 aromatic heterocycles. The monoisotopic (exact) mass is 466 g/mol. The lowest BCUT2D eigenvalue weighted by molar-refractivity contribution is -0.141. The van der Waals surface area contributed by atoms with E-state index in [1.807, 2.05) is 0 Å². The summed E-state index contributed by atoms with van der Waals surface area (Å²) in [5, 5.41) is 0.536. The molecule has 3 aromatic rings. The number of methoxy groups -OCH3 is 1. The summed E-state index contributed by atoms with van der Waals surface area (Å²) in [7, 11) is -2.00. The summed E-state index contributed by atoms with van der Waals surface area (Å²) in [6.45, 7) is 1.49. The number of carbonyl (C=O) groups excluding carboxylic acids is 2. The van der Waals surface area contributed by atoms with Gasteiger partial charge in [0.1, 0.15) is 6.54 Å². The summed E-state index contributed by atoms with van der Waals surface area (Å²) in [5.41, 5.74) is 1.36. The largest absolute Gasteiger partial charge is 0.468 e. The average molecular weight is 467 g/mol. The zero-order chi connectivity index (χ0) is 21.9. The van der Waals surface area contributed by atoms with E-state index in [4.69, 9.17) is 16.3 Å². The molecule has 30 heavy (non-hydrogen) atoms. The molecule has 0 aliphatic heterocycles. The number of rotatable bonds is 6. The highest BCUT2D eigenvalue weighted by Gasteiger charge is 2.14. The van der Waals surface area contributed by atoms with Crippen LogP contribution in [-0.4, -0.2) is 37.7 Å². The van der Waals surface area contributed by atoms with Crippen LogP contribution in [0.25, 0.3) is 10.2 Å². The van der Waals surface area contributed by atoms with Crippen LogP contribution in [0, 0.1) is 0 Å². The molecule has 0 spiro atoms. The molecule has 0 bridgehead atoms. The molecule has 1 heterocycles. The number of nitrogens with zero attached hydrogens (tertiary/aromatic N) is 2. The Hall–Kier alpha value is -2.49. The second kappa shape index (κ2) is 9.11. The lowest BCUT2D eigenvalue weighted by Gasteiger charge is -2.04. The van der Waals surface area contributed by atoms with Crippen molar-refractivity contribution in [2.75, 3.05) is 12.9 Å². The van der Waals surface area contributed by atoms with Crippen molar-refractivity contribution < 1.29 is 22.7 Å². The normalized spacial score (nSPS) is 12.3. The average Bonchev–Trinajstić information content (AvgIpc) is 3.03. The van der Waals surface area contributed by atoms with Gasteiger partial charge >= 0.3 is 5.97 Å². The number of fused-ring (bicyclic) bond motifs is 1. The molecule has 0 atom stereocenters. The van der Waals surface area contributed by atoms with Crippen molar-refractivity contribution in [2.45, 2.75) is 24.8 Å². The highest BCUT2D eigenvalue weighted by molar-refractivity contribution is 7.91. The van der Waals surface area contributed by atoms with E-state index in [2.05, 4.69) is 4.99 Å². The number of hydrogen-bond donors (Lipinski definition) is 0. The predicted octanol–water partition coefficient (Wildman–Crippen LogP) is 2.99. The number of hydrogen-bond acceptors (Lipinski definition) is 6. The number of carbonyl (C=O) groups is 2. The van der Waals surface area contributed by atoms with Gasteiger partial charge in [0.2, 0.25) is 0 Å². The highest BCUT2D eigenvalue weighted by atomic mass is 35.5. The second-order valence-electron chi connectivity index (χ2n) is 6.39. The first-order chi connectivity index (χ1) is 14.2. The molecule has 1 amide bonds. The minimum absolute atomic E-state index is 0.000319. The summed E-state index contributed by atoms with van der Waals surface area (Å²) in [6.07, 6.45) is -0.000319. The standard InChI is InChI=1S/C20H19ClN2O5S2/c1-3-30(26,27)15-7-4-13(5-8-15)10-18(24)22-20-23(12-19(25)28-2)16-9-6-14(21)11-17(16)29-20/h4-9,11H,3,10,12H2,1-2H3. The molecule has 158 valence electrons. The van der Waals surface area contributed by atoms with Gasteiger partial charge in [0, 0.05) is 5.02 Å². The van der Waals surface area contributed by atoms with E-state index in [-0.39, 0.29) is 23.6 Å². The van der Waals surface area contributed by atoms with Crippen LogP contribution >= 0.6 is 22.9 Å². The van der Waals surface area contributed by atoms with Crippen molar-refractivity contribution in [3.63, 3.8) is 0 Å². The fourth-order valence-corrected chi connectivity index (χ4v) is 4.99. The molecule has 0 aliphatic rings. The number of esters is 1. The third-order valence-corrected chi connectivity index (χ3v) is 7.42. The van der Waals surface area contributed by atoms with Gasteiger partial charge in [0.15, 0.2) is 14.6 Å². The van der Waals surface area contributed by atoms with Gasteiger partial charge < -0.3 is 9.30 Å². The molecule has 2 aromatic carbocycles. The van der Waals surface area contributed by atoms with E-state index in [1.54, 1.807) is 41.8 Å². The van der Waals surface area contributed by atoms with Crippen LogP contribution < -0.4 is 4.80 Å². The lowest BCUT2D eigenvalue weighted by atomic mass is 10.1. The maximum Gasteiger partial charge on any atom is 0.325 e. The van der Waals surface area contributed by atoms with Crippen LogP contribution in [0.4, 0.5) is 0 Å². The quantitative estimate of drug-likeness (QED) is 0.520. The Labute approximate surface area is 182 Å². The third-order valence-electron chi connectivity index (χ3n) is 4.40. The van der Waals surface area contributed by atoms with Crippen LogP contribution in [0.2, 0.25) is 5.02 Å². The Morgan fingerprint density at radius 3 is 2.50 bits per heavy atom. The van der Waals surface area contributed by atoms with E-state index in [0.29, 0.717) is 15.4 Å². The highest BCUT2D eigenvalue weighted by Crippen LogP contribution is 2.22. The molecule has 0 saturated carbocycles. The molecule has 0 unspecified atom stereocenters. The zero-order valence-corrected chi connectivity index (χ0v) is 18.7. The van der Waals surface area contributed by atoms with Gasteiger partial charge in [-0.2, -0.15) is 4.99 Å². The maximum absolute atomic E-state index is 12.5. The summed E-state index contributed by atoms with van der Waals surface area (Å²) in [5.74, 6) is -0.875. The molecule has 10 heteroatoms. The van der Waals surface area contributed by atoms with Gasteiger partial charge in [0.05, 0.1) is 34.4 Å². The maximum atomic E-state index is 12.5. The van der Waals surface area contributed by atoms with E-state index in [1.165, 1.54) is 30.6 Å². The number of aromatic nitrogens is 1. The number of thiazole rings is 1.